The summed E-state index contributed by atoms with van der Waals surface area (Å²) in [6.07, 6.45) is 0. The lowest BCUT2D eigenvalue weighted by Gasteiger charge is -2.35. The number of hydrogen-bond acceptors (Lipinski definition) is 5. The maximum Gasteiger partial charge on any atom is 0.332 e. The van der Waals surface area contributed by atoms with Gasteiger partial charge in [-0.15, -0.1) is 0 Å². The molecule has 2 aromatic carbocycles. The van der Waals surface area contributed by atoms with Crippen molar-refractivity contribution in [3.63, 3.8) is 0 Å². The molecule has 176 valence electrons. The number of rotatable bonds is 5. The van der Waals surface area contributed by atoms with E-state index in [0.717, 1.165) is 48.8 Å². The van der Waals surface area contributed by atoms with Crippen LogP contribution in [0.25, 0.3) is 11.2 Å². The van der Waals surface area contributed by atoms with Crippen molar-refractivity contribution in [2.45, 2.75) is 20.0 Å². The van der Waals surface area contributed by atoms with Gasteiger partial charge in [-0.3, -0.25) is 23.4 Å². The fourth-order valence-electron chi connectivity index (χ4n) is 4.65. The monoisotopic (exact) mass is 458 g/mol. The van der Waals surface area contributed by atoms with Gasteiger partial charge >= 0.3 is 5.69 Å². The predicted molar refractivity (Wildman–Crippen MR) is 134 cm³/mol. The highest BCUT2D eigenvalue weighted by molar-refractivity contribution is 5.75. The average molecular weight is 459 g/mol. The zero-order chi connectivity index (χ0) is 23.8. The fourth-order valence-corrected chi connectivity index (χ4v) is 4.65. The average Bonchev–Trinajstić information content (AvgIpc) is 3.23. The second-order valence-corrected chi connectivity index (χ2v) is 9.11. The highest BCUT2D eigenvalue weighted by atomic mass is 16.2. The van der Waals surface area contributed by atoms with Crippen molar-refractivity contribution in [2.24, 2.45) is 14.1 Å². The van der Waals surface area contributed by atoms with Crippen molar-refractivity contribution in [3.05, 3.63) is 92.1 Å². The summed E-state index contributed by atoms with van der Waals surface area (Å²) in [5.41, 5.74) is 3.80. The Morgan fingerprint density at radius 3 is 2.12 bits per heavy atom. The Hall–Kier alpha value is -3.65. The summed E-state index contributed by atoms with van der Waals surface area (Å²) in [5, 5.41) is 0. The Bertz CT molecular complexity index is 1420. The number of aromatic nitrogens is 4. The Morgan fingerprint density at radius 1 is 0.794 bits per heavy atom. The van der Waals surface area contributed by atoms with Crippen LogP contribution in [-0.4, -0.2) is 49.8 Å². The molecule has 0 radical (unpaired) electrons. The molecule has 2 aromatic heterocycles. The molecule has 0 unspecified atom stereocenters. The Labute approximate surface area is 198 Å². The predicted octanol–water partition coefficient (Wildman–Crippen LogP) is 2.11. The van der Waals surface area contributed by atoms with Crippen LogP contribution in [0.3, 0.4) is 0 Å². The van der Waals surface area contributed by atoms with Crippen LogP contribution in [0, 0.1) is 6.92 Å². The van der Waals surface area contributed by atoms with Crippen molar-refractivity contribution in [3.8, 4) is 0 Å². The largest absolute Gasteiger partial charge is 0.340 e. The summed E-state index contributed by atoms with van der Waals surface area (Å²) in [5.74, 6) is 0.744. The molecule has 3 heterocycles. The third kappa shape index (κ3) is 4.05. The summed E-state index contributed by atoms with van der Waals surface area (Å²) in [7, 11) is 3.20. The molecule has 8 heteroatoms. The van der Waals surface area contributed by atoms with Gasteiger partial charge in [-0.05, 0) is 18.1 Å². The van der Waals surface area contributed by atoms with Crippen LogP contribution >= 0.6 is 0 Å². The van der Waals surface area contributed by atoms with Crippen LogP contribution in [0.15, 0.2) is 64.2 Å². The van der Waals surface area contributed by atoms with Crippen LogP contribution in [0.4, 0.5) is 5.95 Å². The van der Waals surface area contributed by atoms with Crippen molar-refractivity contribution in [1.82, 2.24) is 23.6 Å². The number of imidazole rings is 1. The van der Waals surface area contributed by atoms with E-state index in [-0.39, 0.29) is 11.2 Å². The third-order valence-corrected chi connectivity index (χ3v) is 6.69. The molecule has 1 saturated heterocycles. The lowest BCUT2D eigenvalue weighted by atomic mass is 10.1. The minimum absolute atomic E-state index is 0.313. The molecule has 1 fully saturated rings. The first-order chi connectivity index (χ1) is 16.4. The molecule has 0 aliphatic carbocycles. The molecule has 0 spiro atoms. The van der Waals surface area contributed by atoms with E-state index in [9.17, 15) is 9.59 Å². The van der Waals surface area contributed by atoms with E-state index in [2.05, 4.69) is 65.3 Å². The molecule has 1 aliphatic rings. The Morgan fingerprint density at radius 2 is 1.44 bits per heavy atom. The van der Waals surface area contributed by atoms with Crippen molar-refractivity contribution in [1.29, 1.82) is 0 Å². The maximum absolute atomic E-state index is 13.2. The van der Waals surface area contributed by atoms with E-state index in [0.29, 0.717) is 17.7 Å². The fraction of sp³-hybridized carbons (Fsp3) is 0.346. The van der Waals surface area contributed by atoms with Gasteiger partial charge < -0.3 is 4.90 Å². The molecule has 0 amide bonds. The van der Waals surface area contributed by atoms with Crippen LogP contribution in [0.5, 0.6) is 0 Å². The van der Waals surface area contributed by atoms with Gasteiger partial charge in [0.25, 0.3) is 5.56 Å². The van der Waals surface area contributed by atoms with E-state index in [1.807, 2.05) is 10.6 Å². The van der Waals surface area contributed by atoms with Gasteiger partial charge in [0, 0.05) is 46.8 Å². The minimum Gasteiger partial charge on any atom is -0.340 e. The van der Waals surface area contributed by atoms with Gasteiger partial charge in [-0.1, -0.05) is 60.2 Å². The molecular weight excluding hydrogens is 428 g/mol. The zero-order valence-corrected chi connectivity index (χ0v) is 19.9. The first kappa shape index (κ1) is 22.2. The molecule has 0 saturated carbocycles. The second-order valence-electron chi connectivity index (χ2n) is 9.11. The van der Waals surface area contributed by atoms with Crippen molar-refractivity contribution < 1.29 is 0 Å². The highest BCUT2D eigenvalue weighted by Crippen LogP contribution is 2.23. The standard InChI is InChI=1S/C26H30N6O2/c1-19-9-11-21(12-10-19)18-32-22-23(28(2)26(34)29(3)24(22)33)27-25(32)31-15-13-30(14-16-31)17-20-7-5-4-6-8-20/h4-12H,13-18H2,1-3H3. The van der Waals surface area contributed by atoms with Crippen LogP contribution in [0.1, 0.15) is 16.7 Å². The lowest BCUT2D eigenvalue weighted by molar-refractivity contribution is 0.248. The van der Waals surface area contributed by atoms with Gasteiger partial charge in [0.15, 0.2) is 11.2 Å². The summed E-state index contributed by atoms with van der Waals surface area (Å²) in [6.45, 7) is 6.91. The van der Waals surface area contributed by atoms with Crippen LogP contribution in [-0.2, 0) is 27.2 Å². The molecule has 0 atom stereocenters. The van der Waals surface area contributed by atoms with Gasteiger partial charge in [-0.2, -0.15) is 4.98 Å². The molecule has 4 aromatic rings. The maximum atomic E-state index is 13.2. The second kappa shape index (κ2) is 8.95. The SMILES string of the molecule is Cc1ccc(Cn2c(N3CCN(Cc4ccccc4)CC3)nc3c2c(=O)n(C)c(=O)n3C)cc1. The number of nitrogens with zero attached hydrogens (tertiary/aromatic N) is 6. The quantitative estimate of drug-likeness (QED) is 0.458. The summed E-state index contributed by atoms with van der Waals surface area (Å²) in [4.78, 5) is 35.3. The summed E-state index contributed by atoms with van der Waals surface area (Å²) in [6, 6.07) is 18.8. The third-order valence-electron chi connectivity index (χ3n) is 6.69. The van der Waals surface area contributed by atoms with Crippen molar-refractivity contribution >= 4 is 17.1 Å². The van der Waals surface area contributed by atoms with E-state index in [1.165, 1.54) is 22.7 Å². The molecule has 0 bridgehead atoms. The van der Waals surface area contributed by atoms with E-state index >= 15 is 0 Å². The topological polar surface area (TPSA) is 68.3 Å². The molecular formula is C26H30N6O2. The summed E-state index contributed by atoms with van der Waals surface area (Å²) < 4.78 is 4.61. The highest BCUT2D eigenvalue weighted by Gasteiger charge is 2.25. The van der Waals surface area contributed by atoms with Crippen LogP contribution in [0.2, 0.25) is 0 Å². The molecule has 34 heavy (non-hydrogen) atoms. The molecule has 1 aliphatic heterocycles. The van der Waals surface area contributed by atoms with E-state index in [1.54, 1.807) is 7.05 Å². The first-order valence-corrected chi connectivity index (χ1v) is 11.7. The molecule has 8 nitrogen and oxygen atoms in total. The Kier molecular flexibility index (Phi) is 5.83. The molecule has 5 rings (SSSR count). The van der Waals surface area contributed by atoms with E-state index < -0.39 is 0 Å². The number of aryl methyl sites for hydroxylation is 2. The normalized spacial score (nSPS) is 14.7. The number of hydrogen-bond donors (Lipinski definition) is 0. The van der Waals surface area contributed by atoms with Crippen LogP contribution < -0.4 is 16.1 Å². The first-order valence-electron chi connectivity index (χ1n) is 11.7. The summed E-state index contributed by atoms with van der Waals surface area (Å²) >= 11 is 0. The van der Waals surface area contributed by atoms with Gasteiger partial charge in [0.1, 0.15) is 0 Å². The van der Waals surface area contributed by atoms with E-state index in [4.69, 9.17) is 4.98 Å². The van der Waals surface area contributed by atoms with Crippen molar-refractivity contribution in [2.75, 3.05) is 31.1 Å². The number of piperazine rings is 1. The minimum atomic E-state index is -0.364. The number of benzene rings is 2. The van der Waals surface area contributed by atoms with Gasteiger partial charge in [-0.25, -0.2) is 4.79 Å². The zero-order valence-electron chi connectivity index (χ0n) is 19.9. The number of fused-ring (bicyclic) bond motifs is 1. The van der Waals surface area contributed by atoms with Gasteiger partial charge in [0.2, 0.25) is 5.95 Å². The number of anilines is 1. The smallest absolute Gasteiger partial charge is 0.332 e. The lowest BCUT2D eigenvalue weighted by Crippen LogP contribution is -2.47. The molecule has 0 N–H and O–H groups in total. The van der Waals surface area contributed by atoms with Gasteiger partial charge in [0.05, 0.1) is 6.54 Å². The Balaban J connectivity index is 1.51.